The Morgan fingerprint density at radius 1 is 1.03 bits per heavy atom. The summed E-state index contributed by atoms with van der Waals surface area (Å²) in [6.07, 6.45) is 3.76. The molecule has 1 aromatic heterocycles. The van der Waals surface area contributed by atoms with Gasteiger partial charge >= 0.3 is 0 Å². The number of hydrogen-bond acceptors (Lipinski definition) is 5. The molecule has 0 bridgehead atoms. The molecule has 0 aliphatic carbocycles. The Balaban J connectivity index is 1.52. The van der Waals surface area contributed by atoms with E-state index in [2.05, 4.69) is 38.5 Å². The monoisotopic (exact) mass is 399 g/mol. The van der Waals surface area contributed by atoms with Crippen molar-refractivity contribution in [2.45, 2.75) is 25.9 Å². The van der Waals surface area contributed by atoms with Gasteiger partial charge in [-0.1, -0.05) is 6.07 Å². The second-order valence-electron chi connectivity index (χ2n) is 7.19. The summed E-state index contributed by atoms with van der Waals surface area (Å²) in [5.41, 5.74) is 3.34. The third-order valence-corrected chi connectivity index (χ3v) is 5.21. The molecule has 0 atom stereocenters. The highest BCUT2D eigenvalue weighted by molar-refractivity contribution is 5.66. The molecule has 4 rings (SSSR count). The Morgan fingerprint density at radius 2 is 1.76 bits per heavy atom. The van der Waals surface area contributed by atoms with Gasteiger partial charge in [-0.3, -0.25) is 0 Å². The molecule has 0 unspecified atom stereocenters. The van der Waals surface area contributed by atoms with Crippen molar-refractivity contribution in [3.05, 3.63) is 59.9 Å². The van der Waals surface area contributed by atoms with Crippen molar-refractivity contribution in [2.24, 2.45) is 0 Å². The summed E-state index contributed by atoms with van der Waals surface area (Å²) in [6, 6.07) is 9.47. The highest BCUT2D eigenvalue weighted by Crippen LogP contribution is 2.28. The standard InChI is InChI=1S/C21H23F2N5O/c1-14-3-4-17(27-7-5-19(29-2)6-8-27)12-20(14)25-21-24-13-28(26-21)18-10-15(22)9-16(23)11-18/h3-4,9-13,19H,5-8H2,1-2H3,(H,25,26). The fourth-order valence-corrected chi connectivity index (χ4v) is 3.53. The van der Waals surface area contributed by atoms with Gasteiger partial charge in [-0.15, -0.1) is 5.10 Å². The van der Waals surface area contributed by atoms with Crippen molar-refractivity contribution in [1.29, 1.82) is 0 Å². The first-order chi connectivity index (χ1) is 14.0. The first kappa shape index (κ1) is 19.3. The number of aromatic nitrogens is 3. The Bertz CT molecular complexity index is 978. The molecule has 8 heteroatoms. The Morgan fingerprint density at radius 3 is 2.45 bits per heavy atom. The number of rotatable bonds is 5. The number of nitrogens with zero attached hydrogens (tertiary/aromatic N) is 4. The lowest BCUT2D eigenvalue weighted by molar-refractivity contribution is 0.0819. The zero-order valence-corrected chi connectivity index (χ0v) is 16.4. The minimum atomic E-state index is -0.661. The van der Waals surface area contributed by atoms with Crippen molar-refractivity contribution in [3.8, 4) is 5.69 Å². The van der Waals surface area contributed by atoms with E-state index in [1.807, 2.05) is 6.92 Å². The SMILES string of the molecule is COC1CCN(c2ccc(C)c(Nc3ncn(-c4cc(F)cc(F)c4)n3)c2)CC1. The van der Waals surface area contributed by atoms with Crippen LogP contribution in [0.5, 0.6) is 0 Å². The van der Waals surface area contributed by atoms with Crippen LogP contribution in [0.25, 0.3) is 5.69 Å². The van der Waals surface area contributed by atoms with Gasteiger partial charge in [-0.05, 0) is 49.6 Å². The van der Waals surface area contributed by atoms with E-state index in [1.165, 1.54) is 23.1 Å². The molecule has 152 valence electrons. The Hall–Kier alpha value is -3.00. The van der Waals surface area contributed by atoms with Crippen LogP contribution in [0.4, 0.5) is 26.1 Å². The fraction of sp³-hybridized carbons (Fsp3) is 0.333. The number of hydrogen-bond donors (Lipinski definition) is 1. The lowest BCUT2D eigenvalue weighted by atomic mass is 10.1. The molecular weight excluding hydrogens is 376 g/mol. The number of ether oxygens (including phenoxy) is 1. The quantitative estimate of drug-likeness (QED) is 0.697. The van der Waals surface area contributed by atoms with Crippen molar-refractivity contribution in [1.82, 2.24) is 14.8 Å². The molecule has 29 heavy (non-hydrogen) atoms. The van der Waals surface area contributed by atoms with E-state index in [1.54, 1.807) is 7.11 Å². The van der Waals surface area contributed by atoms with E-state index in [0.29, 0.717) is 12.1 Å². The molecule has 1 saturated heterocycles. The molecule has 1 N–H and O–H groups in total. The van der Waals surface area contributed by atoms with Crippen LogP contribution in [-0.2, 0) is 4.74 Å². The van der Waals surface area contributed by atoms with Crippen molar-refractivity contribution in [3.63, 3.8) is 0 Å². The fourth-order valence-electron chi connectivity index (χ4n) is 3.53. The van der Waals surface area contributed by atoms with Gasteiger partial charge in [0.2, 0.25) is 5.95 Å². The van der Waals surface area contributed by atoms with E-state index in [9.17, 15) is 8.78 Å². The summed E-state index contributed by atoms with van der Waals surface area (Å²) >= 11 is 0. The van der Waals surface area contributed by atoms with Crippen molar-refractivity contribution < 1.29 is 13.5 Å². The number of nitrogens with one attached hydrogen (secondary N) is 1. The minimum Gasteiger partial charge on any atom is -0.381 e. The first-order valence-corrected chi connectivity index (χ1v) is 9.55. The summed E-state index contributed by atoms with van der Waals surface area (Å²) in [4.78, 5) is 6.55. The molecule has 1 aliphatic rings. The van der Waals surface area contributed by atoms with Gasteiger partial charge in [-0.2, -0.15) is 4.98 Å². The predicted octanol–water partition coefficient (Wildman–Crippen LogP) is 4.21. The second-order valence-corrected chi connectivity index (χ2v) is 7.19. The normalized spacial score (nSPS) is 15.0. The van der Waals surface area contributed by atoms with E-state index < -0.39 is 11.6 Å². The molecule has 3 aromatic rings. The first-order valence-electron chi connectivity index (χ1n) is 9.55. The van der Waals surface area contributed by atoms with Crippen LogP contribution >= 0.6 is 0 Å². The lowest BCUT2D eigenvalue weighted by Crippen LogP contribution is -2.36. The summed E-state index contributed by atoms with van der Waals surface area (Å²) in [7, 11) is 1.76. The number of methoxy groups -OCH3 is 1. The van der Waals surface area contributed by atoms with Crippen LogP contribution in [0.3, 0.4) is 0 Å². The smallest absolute Gasteiger partial charge is 0.246 e. The van der Waals surface area contributed by atoms with Gasteiger partial charge in [0, 0.05) is 37.6 Å². The highest BCUT2D eigenvalue weighted by Gasteiger charge is 2.19. The van der Waals surface area contributed by atoms with Crippen LogP contribution in [0.2, 0.25) is 0 Å². The minimum absolute atomic E-state index is 0.273. The topological polar surface area (TPSA) is 55.2 Å². The summed E-state index contributed by atoms with van der Waals surface area (Å²) in [6.45, 7) is 3.89. The van der Waals surface area contributed by atoms with Crippen LogP contribution in [0, 0.1) is 18.6 Å². The molecule has 6 nitrogen and oxygen atoms in total. The second kappa shape index (κ2) is 8.16. The molecule has 0 radical (unpaired) electrons. The van der Waals surface area contributed by atoms with E-state index >= 15 is 0 Å². The molecule has 0 amide bonds. The van der Waals surface area contributed by atoms with Crippen molar-refractivity contribution in [2.75, 3.05) is 30.4 Å². The average molecular weight is 399 g/mol. The molecule has 0 saturated carbocycles. The summed E-state index contributed by atoms with van der Waals surface area (Å²) < 4.78 is 33.7. The lowest BCUT2D eigenvalue weighted by Gasteiger charge is -2.33. The maximum Gasteiger partial charge on any atom is 0.246 e. The molecular formula is C21H23F2N5O. The van der Waals surface area contributed by atoms with Gasteiger partial charge in [0.05, 0.1) is 11.8 Å². The van der Waals surface area contributed by atoms with Crippen LogP contribution < -0.4 is 10.2 Å². The zero-order chi connectivity index (χ0) is 20.4. The third-order valence-electron chi connectivity index (χ3n) is 5.21. The van der Waals surface area contributed by atoms with Crippen molar-refractivity contribution >= 4 is 17.3 Å². The molecule has 1 fully saturated rings. The average Bonchev–Trinajstić information content (AvgIpc) is 3.18. The maximum atomic E-state index is 13.5. The predicted molar refractivity (Wildman–Crippen MR) is 108 cm³/mol. The van der Waals surface area contributed by atoms with Crippen LogP contribution in [-0.4, -0.2) is 41.1 Å². The van der Waals surface area contributed by atoms with Gasteiger partial charge in [0.15, 0.2) is 0 Å². The van der Waals surface area contributed by atoms with Crippen LogP contribution in [0.15, 0.2) is 42.7 Å². The number of halogens is 2. The Kier molecular flexibility index (Phi) is 5.44. The summed E-state index contributed by atoms with van der Waals surface area (Å²) in [5.74, 6) is -0.968. The van der Waals surface area contributed by atoms with E-state index in [4.69, 9.17) is 4.74 Å². The van der Waals surface area contributed by atoms with Gasteiger partial charge < -0.3 is 15.0 Å². The van der Waals surface area contributed by atoms with E-state index in [0.717, 1.165) is 48.9 Å². The van der Waals surface area contributed by atoms with Gasteiger partial charge in [0.1, 0.15) is 18.0 Å². The van der Waals surface area contributed by atoms with Crippen LogP contribution in [0.1, 0.15) is 18.4 Å². The number of aryl methyl sites for hydroxylation is 1. The third kappa shape index (κ3) is 4.37. The maximum absolute atomic E-state index is 13.5. The highest BCUT2D eigenvalue weighted by atomic mass is 19.1. The number of anilines is 3. The zero-order valence-electron chi connectivity index (χ0n) is 16.4. The Labute approximate surface area is 168 Å². The van der Waals surface area contributed by atoms with E-state index in [-0.39, 0.29) is 5.69 Å². The molecule has 2 heterocycles. The summed E-state index contributed by atoms with van der Waals surface area (Å²) in [5, 5.41) is 7.50. The largest absolute Gasteiger partial charge is 0.381 e. The van der Waals surface area contributed by atoms with Gasteiger partial charge in [-0.25, -0.2) is 13.5 Å². The molecule has 0 spiro atoms. The molecule has 1 aliphatic heterocycles. The van der Waals surface area contributed by atoms with Gasteiger partial charge in [0.25, 0.3) is 0 Å². The number of benzene rings is 2. The molecule has 2 aromatic carbocycles. The number of piperidine rings is 1.